The van der Waals surface area contributed by atoms with E-state index in [1.54, 1.807) is 12.1 Å². The first-order valence-corrected chi connectivity index (χ1v) is 7.54. The van der Waals surface area contributed by atoms with Crippen LogP contribution >= 0.6 is 23.2 Å². The van der Waals surface area contributed by atoms with E-state index in [2.05, 4.69) is 31.4 Å². The minimum Gasteiger partial charge on any atom is -0.387 e. The van der Waals surface area contributed by atoms with Gasteiger partial charge in [0, 0.05) is 18.1 Å². The van der Waals surface area contributed by atoms with Crippen LogP contribution in [0.2, 0.25) is 10.0 Å². The molecule has 0 radical (unpaired) electrons. The summed E-state index contributed by atoms with van der Waals surface area (Å²) in [6.07, 6.45) is -0.641. The smallest absolute Gasteiger partial charge is 0.0915 e. The van der Waals surface area contributed by atoms with Gasteiger partial charge in [0.05, 0.1) is 21.8 Å². The van der Waals surface area contributed by atoms with Crippen LogP contribution in [0.3, 0.4) is 0 Å². The maximum atomic E-state index is 10.2. The van der Waals surface area contributed by atoms with Crippen molar-refractivity contribution in [3.63, 3.8) is 0 Å². The molecular weight excluding hydrogens is 295 g/mol. The first-order valence-electron chi connectivity index (χ1n) is 6.78. The molecule has 0 heterocycles. The van der Waals surface area contributed by atoms with Crippen molar-refractivity contribution in [1.29, 1.82) is 0 Å². The number of anilines is 1. The third kappa shape index (κ3) is 5.49. The molecule has 0 amide bonds. The molecule has 1 aromatic rings. The topological polar surface area (TPSA) is 44.3 Å². The van der Waals surface area contributed by atoms with Crippen molar-refractivity contribution in [1.82, 2.24) is 5.32 Å². The molecule has 1 atom stereocenters. The molecule has 0 aliphatic carbocycles. The Balaban J connectivity index is 2.87. The highest BCUT2D eigenvalue weighted by Crippen LogP contribution is 2.34. The van der Waals surface area contributed by atoms with E-state index in [1.165, 1.54) is 0 Å². The summed E-state index contributed by atoms with van der Waals surface area (Å²) in [5, 5.41) is 17.7. The van der Waals surface area contributed by atoms with Gasteiger partial charge in [0.25, 0.3) is 0 Å². The monoisotopic (exact) mass is 318 g/mol. The zero-order chi connectivity index (χ0) is 15.5. The Morgan fingerprint density at radius 2 is 1.65 bits per heavy atom. The van der Waals surface area contributed by atoms with E-state index >= 15 is 0 Å². The van der Waals surface area contributed by atoms with Gasteiger partial charge in [-0.05, 0) is 52.3 Å². The summed E-state index contributed by atoms with van der Waals surface area (Å²) in [4.78, 5) is 0. The zero-order valence-corrected chi connectivity index (χ0v) is 14.2. The Bertz CT molecular complexity index is 433. The molecular formula is C15H24Cl2N2O. The molecule has 0 aromatic heterocycles. The predicted octanol–water partition coefficient (Wildman–Crippen LogP) is 4.24. The molecule has 0 aliphatic heterocycles. The summed E-state index contributed by atoms with van der Waals surface area (Å²) in [7, 11) is 0. The largest absolute Gasteiger partial charge is 0.387 e. The minimum atomic E-state index is -0.641. The average Bonchev–Trinajstić information content (AvgIpc) is 2.29. The fourth-order valence-corrected chi connectivity index (χ4v) is 2.35. The van der Waals surface area contributed by atoms with Crippen LogP contribution in [0.25, 0.3) is 0 Å². The molecule has 3 N–H and O–H groups in total. The van der Waals surface area contributed by atoms with E-state index in [0.29, 0.717) is 27.8 Å². The molecule has 5 heteroatoms. The van der Waals surface area contributed by atoms with Gasteiger partial charge in [0.2, 0.25) is 0 Å². The van der Waals surface area contributed by atoms with Gasteiger partial charge in [-0.1, -0.05) is 23.2 Å². The first kappa shape index (κ1) is 17.6. The van der Waals surface area contributed by atoms with Crippen molar-refractivity contribution in [3.8, 4) is 0 Å². The quantitative estimate of drug-likeness (QED) is 0.761. The SMILES string of the molecule is CC(C)Nc1c(Cl)cc(C(O)CNC(C)(C)C)cc1Cl. The Labute approximate surface area is 131 Å². The number of aliphatic hydroxyl groups excluding tert-OH is 1. The Hall–Kier alpha value is -0.480. The third-order valence-corrected chi connectivity index (χ3v) is 3.30. The molecule has 1 unspecified atom stereocenters. The van der Waals surface area contributed by atoms with Crippen molar-refractivity contribution < 1.29 is 5.11 Å². The van der Waals surface area contributed by atoms with Crippen LogP contribution in [-0.2, 0) is 0 Å². The highest BCUT2D eigenvalue weighted by molar-refractivity contribution is 6.39. The average molecular weight is 319 g/mol. The first-order chi connectivity index (χ1) is 9.10. The Kier molecular flexibility index (Phi) is 6.14. The number of halogens is 2. The van der Waals surface area contributed by atoms with Gasteiger partial charge in [-0.3, -0.25) is 0 Å². The van der Waals surface area contributed by atoms with Gasteiger partial charge >= 0.3 is 0 Å². The fraction of sp³-hybridized carbons (Fsp3) is 0.600. The maximum absolute atomic E-state index is 10.2. The summed E-state index contributed by atoms with van der Waals surface area (Å²) >= 11 is 12.5. The molecule has 0 saturated carbocycles. The minimum absolute atomic E-state index is 0.0479. The van der Waals surface area contributed by atoms with E-state index in [0.717, 1.165) is 0 Å². The van der Waals surface area contributed by atoms with Crippen LogP contribution in [0.4, 0.5) is 5.69 Å². The van der Waals surface area contributed by atoms with E-state index in [9.17, 15) is 5.11 Å². The standard InChI is InChI=1S/C15H24Cl2N2O/c1-9(2)19-14-11(16)6-10(7-12(14)17)13(20)8-18-15(3,4)5/h6-7,9,13,18-20H,8H2,1-5H3. The lowest BCUT2D eigenvalue weighted by Gasteiger charge is -2.23. The van der Waals surface area contributed by atoms with Gasteiger partial charge in [-0.2, -0.15) is 0 Å². The second-order valence-corrected chi connectivity index (χ2v) is 7.12. The fourth-order valence-electron chi connectivity index (χ4n) is 1.73. The number of hydrogen-bond acceptors (Lipinski definition) is 3. The Morgan fingerprint density at radius 3 is 2.05 bits per heavy atom. The van der Waals surface area contributed by atoms with Gasteiger partial charge in [-0.15, -0.1) is 0 Å². The summed E-state index contributed by atoms with van der Waals surface area (Å²) in [6.45, 7) is 10.6. The lowest BCUT2D eigenvalue weighted by atomic mass is 10.1. The second kappa shape index (κ2) is 6.99. The number of aliphatic hydroxyl groups is 1. The highest BCUT2D eigenvalue weighted by Gasteiger charge is 2.16. The summed E-state index contributed by atoms with van der Waals surface area (Å²) in [5.74, 6) is 0. The third-order valence-electron chi connectivity index (χ3n) is 2.71. The van der Waals surface area contributed by atoms with E-state index < -0.39 is 6.10 Å². The predicted molar refractivity (Wildman–Crippen MR) is 87.9 cm³/mol. The van der Waals surface area contributed by atoms with E-state index in [-0.39, 0.29) is 11.6 Å². The number of hydrogen-bond donors (Lipinski definition) is 3. The van der Waals surface area contributed by atoms with Crippen molar-refractivity contribution in [2.75, 3.05) is 11.9 Å². The lowest BCUT2D eigenvalue weighted by Crippen LogP contribution is -2.38. The number of β-amino-alcohol motifs (C(OH)–C–C–N with tert-alkyl or cyclic N) is 1. The summed E-state index contributed by atoms with van der Waals surface area (Å²) < 4.78 is 0. The number of nitrogens with one attached hydrogen (secondary N) is 2. The highest BCUT2D eigenvalue weighted by atomic mass is 35.5. The van der Waals surface area contributed by atoms with Crippen LogP contribution in [0.1, 0.15) is 46.3 Å². The molecule has 0 fully saturated rings. The summed E-state index contributed by atoms with van der Waals surface area (Å²) in [5.41, 5.74) is 1.38. The maximum Gasteiger partial charge on any atom is 0.0915 e. The number of rotatable bonds is 5. The van der Waals surface area contributed by atoms with Crippen molar-refractivity contribution >= 4 is 28.9 Å². The van der Waals surface area contributed by atoms with Crippen LogP contribution in [0.5, 0.6) is 0 Å². The van der Waals surface area contributed by atoms with Gasteiger partial charge < -0.3 is 15.7 Å². The summed E-state index contributed by atoms with van der Waals surface area (Å²) in [6, 6.07) is 3.75. The molecule has 20 heavy (non-hydrogen) atoms. The Morgan fingerprint density at radius 1 is 1.15 bits per heavy atom. The molecule has 3 nitrogen and oxygen atoms in total. The van der Waals surface area contributed by atoms with Crippen LogP contribution in [0.15, 0.2) is 12.1 Å². The zero-order valence-electron chi connectivity index (χ0n) is 12.7. The molecule has 0 saturated heterocycles. The van der Waals surface area contributed by atoms with Crippen LogP contribution in [0, 0.1) is 0 Å². The van der Waals surface area contributed by atoms with Gasteiger partial charge in [0.15, 0.2) is 0 Å². The molecule has 0 spiro atoms. The molecule has 0 aliphatic rings. The normalized spacial score (nSPS) is 13.7. The molecule has 1 aromatic carbocycles. The van der Waals surface area contributed by atoms with Crippen LogP contribution in [-0.4, -0.2) is 23.2 Å². The van der Waals surface area contributed by atoms with Crippen molar-refractivity contribution in [3.05, 3.63) is 27.7 Å². The molecule has 0 bridgehead atoms. The van der Waals surface area contributed by atoms with Gasteiger partial charge in [-0.25, -0.2) is 0 Å². The van der Waals surface area contributed by atoms with Crippen LogP contribution < -0.4 is 10.6 Å². The number of benzene rings is 1. The van der Waals surface area contributed by atoms with E-state index in [1.807, 2.05) is 13.8 Å². The van der Waals surface area contributed by atoms with Crippen molar-refractivity contribution in [2.45, 2.75) is 52.3 Å². The van der Waals surface area contributed by atoms with Gasteiger partial charge in [0.1, 0.15) is 0 Å². The lowest BCUT2D eigenvalue weighted by molar-refractivity contribution is 0.163. The van der Waals surface area contributed by atoms with Crippen molar-refractivity contribution in [2.24, 2.45) is 0 Å². The second-order valence-electron chi connectivity index (χ2n) is 6.31. The molecule has 1 rings (SSSR count). The molecule has 114 valence electrons. The van der Waals surface area contributed by atoms with E-state index in [4.69, 9.17) is 23.2 Å².